The molecule has 3 N–H and O–H groups in total. The first-order valence-corrected chi connectivity index (χ1v) is 5.37. The van der Waals surface area contributed by atoms with Gasteiger partial charge in [0.25, 0.3) is 0 Å². The Kier molecular flexibility index (Phi) is 4.89. The molecule has 1 aliphatic rings. The van der Waals surface area contributed by atoms with Gasteiger partial charge >= 0.3 is 19.8 Å². The van der Waals surface area contributed by atoms with Crippen molar-refractivity contribution in [3.63, 3.8) is 0 Å². The van der Waals surface area contributed by atoms with E-state index < -0.39 is 32.0 Å². The highest BCUT2D eigenvalue weighted by Crippen LogP contribution is 2.25. The summed E-state index contributed by atoms with van der Waals surface area (Å²) in [5.74, 6) is -0.959. The van der Waals surface area contributed by atoms with E-state index in [0.717, 1.165) is 0 Å². The molecule has 88 valence electrons. The quantitative estimate of drug-likeness (QED) is 0.361. The molecular weight excluding hydrogens is 231 g/mol. The Morgan fingerprint density at radius 1 is 1.00 bits per heavy atom. The predicted molar refractivity (Wildman–Crippen MR) is 45.4 cm³/mol. The van der Waals surface area contributed by atoms with E-state index >= 15 is 0 Å². The Hall–Kier alpha value is -0.950. The molecule has 8 nitrogen and oxygen atoms in total. The molecule has 1 aliphatic heterocycles. The molecule has 0 spiro atoms. The Morgan fingerprint density at radius 2 is 1.20 bits per heavy atom. The maximum Gasteiger partial charge on any atom is 0.466 e. The fourth-order valence-electron chi connectivity index (χ4n) is 0.636. The van der Waals surface area contributed by atoms with Crippen molar-refractivity contribution in [3.8, 4) is 0 Å². The van der Waals surface area contributed by atoms with Gasteiger partial charge in [-0.15, -0.1) is 0 Å². The van der Waals surface area contributed by atoms with E-state index in [2.05, 4.69) is 9.47 Å². The Labute approximate surface area is 85.0 Å². The number of carbonyl (C=O) groups excluding carboxylic acids is 2. The third-order valence-electron chi connectivity index (χ3n) is 1.25. The minimum atomic E-state index is -4.64. The van der Waals surface area contributed by atoms with Crippen LogP contribution in [0.1, 0.15) is 13.8 Å². The number of cyclic esters (lactones) is 2. The number of phosphoric acid groups is 1. The van der Waals surface area contributed by atoms with E-state index in [1.54, 1.807) is 0 Å². The molecule has 0 aromatic rings. The summed E-state index contributed by atoms with van der Waals surface area (Å²) in [6.45, 7) is 2.96. The second-order valence-corrected chi connectivity index (χ2v) is 3.70. The lowest BCUT2D eigenvalue weighted by molar-refractivity contribution is -0.191. The molecule has 0 aromatic heterocycles. The largest absolute Gasteiger partial charge is 0.466 e. The van der Waals surface area contributed by atoms with Crippen molar-refractivity contribution < 1.29 is 38.3 Å². The second-order valence-electron chi connectivity index (χ2n) is 2.67. The molecular formula is C6H11O8P. The molecule has 1 rings (SSSR count). The number of esters is 2. The third-order valence-corrected chi connectivity index (χ3v) is 1.25. The zero-order valence-corrected chi connectivity index (χ0v) is 8.88. The maximum absolute atomic E-state index is 10.7. The molecule has 0 saturated carbocycles. The van der Waals surface area contributed by atoms with Crippen LogP contribution < -0.4 is 0 Å². The van der Waals surface area contributed by atoms with Crippen LogP contribution in [0, 0.1) is 0 Å². The molecule has 9 heteroatoms. The van der Waals surface area contributed by atoms with Crippen LogP contribution in [0.2, 0.25) is 0 Å². The van der Waals surface area contributed by atoms with Crippen LogP contribution in [0.15, 0.2) is 0 Å². The van der Waals surface area contributed by atoms with Crippen molar-refractivity contribution in [3.05, 3.63) is 0 Å². The van der Waals surface area contributed by atoms with Crippen molar-refractivity contribution in [1.82, 2.24) is 0 Å². The van der Waals surface area contributed by atoms with Crippen LogP contribution in [-0.4, -0.2) is 38.8 Å². The average Bonchev–Trinajstić information content (AvgIpc) is 1.98. The Morgan fingerprint density at radius 3 is 1.40 bits per heavy atom. The summed E-state index contributed by atoms with van der Waals surface area (Å²) in [5.41, 5.74) is 0. The maximum atomic E-state index is 10.7. The summed E-state index contributed by atoms with van der Waals surface area (Å²) in [6, 6.07) is 0. The fraction of sp³-hybridized carbons (Fsp3) is 0.667. The molecule has 1 fully saturated rings. The standard InChI is InChI=1S/C6H8O4.H3O4P/c1-3-5(7)10-4(2)6(8)9-3;1-5(2,3)4/h3-4H,1-2H3;(H3,1,2,3,4). The van der Waals surface area contributed by atoms with E-state index in [1.165, 1.54) is 13.8 Å². The van der Waals surface area contributed by atoms with Crippen LogP contribution in [0.3, 0.4) is 0 Å². The van der Waals surface area contributed by atoms with Crippen molar-refractivity contribution in [1.29, 1.82) is 0 Å². The smallest absolute Gasteiger partial charge is 0.448 e. The summed E-state index contributed by atoms with van der Waals surface area (Å²) < 4.78 is 18.1. The molecule has 0 amide bonds. The van der Waals surface area contributed by atoms with E-state index in [-0.39, 0.29) is 0 Å². The fourth-order valence-corrected chi connectivity index (χ4v) is 0.636. The van der Waals surface area contributed by atoms with Gasteiger partial charge in [-0.1, -0.05) is 0 Å². The molecule has 0 radical (unpaired) electrons. The van der Waals surface area contributed by atoms with Crippen molar-refractivity contribution in [2.75, 3.05) is 0 Å². The van der Waals surface area contributed by atoms with Gasteiger partial charge in [0.2, 0.25) is 0 Å². The summed E-state index contributed by atoms with van der Waals surface area (Å²) >= 11 is 0. The topological polar surface area (TPSA) is 130 Å². The lowest BCUT2D eigenvalue weighted by atomic mass is 10.3. The summed E-state index contributed by atoms with van der Waals surface area (Å²) in [4.78, 5) is 42.9. The lowest BCUT2D eigenvalue weighted by Gasteiger charge is -2.22. The third kappa shape index (κ3) is 7.03. The molecule has 15 heavy (non-hydrogen) atoms. The van der Waals surface area contributed by atoms with Gasteiger partial charge in [0, 0.05) is 0 Å². The second kappa shape index (κ2) is 5.22. The van der Waals surface area contributed by atoms with Crippen LogP contribution in [0.25, 0.3) is 0 Å². The predicted octanol–water partition coefficient (Wildman–Crippen LogP) is -1.07. The highest BCUT2D eigenvalue weighted by molar-refractivity contribution is 7.45. The molecule has 0 aliphatic carbocycles. The number of ether oxygens (including phenoxy) is 2. The van der Waals surface area contributed by atoms with Crippen LogP contribution in [0.5, 0.6) is 0 Å². The average molecular weight is 242 g/mol. The molecule has 2 atom stereocenters. The monoisotopic (exact) mass is 242 g/mol. The number of hydrogen-bond acceptors (Lipinski definition) is 5. The zero-order valence-electron chi connectivity index (χ0n) is 7.98. The first-order chi connectivity index (χ1) is 6.61. The minimum Gasteiger partial charge on any atom is -0.448 e. The summed E-state index contributed by atoms with van der Waals surface area (Å²) in [7, 11) is -4.64. The molecule has 0 aromatic carbocycles. The van der Waals surface area contributed by atoms with Crippen LogP contribution in [-0.2, 0) is 23.6 Å². The lowest BCUT2D eigenvalue weighted by Crippen LogP contribution is -2.40. The first-order valence-electron chi connectivity index (χ1n) is 3.80. The van der Waals surface area contributed by atoms with Crippen molar-refractivity contribution in [2.45, 2.75) is 26.1 Å². The van der Waals surface area contributed by atoms with Gasteiger partial charge in [-0.3, -0.25) is 0 Å². The Bertz CT molecular complexity index is 265. The molecule has 2 unspecified atom stereocenters. The first kappa shape index (κ1) is 14.1. The van der Waals surface area contributed by atoms with Gasteiger partial charge in [0.1, 0.15) is 0 Å². The summed E-state index contributed by atoms with van der Waals surface area (Å²) in [5, 5.41) is 0. The number of carbonyl (C=O) groups is 2. The molecule has 1 saturated heterocycles. The highest BCUT2D eigenvalue weighted by atomic mass is 31.2. The number of hydrogen-bond donors (Lipinski definition) is 3. The number of rotatable bonds is 0. The van der Waals surface area contributed by atoms with Crippen LogP contribution in [0.4, 0.5) is 0 Å². The SMILES string of the molecule is CC1OC(=O)C(C)OC1=O.O=P(O)(O)O. The molecule has 1 heterocycles. The summed E-state index contributed by atoms with van der Waals surface area (Å²) in [6.07, 6.45) is -1.49. The van der Waals surface area contributed by atoms with Crippen molar-refractivity contribution >= 4 is 19.8 Å². The normalized spacial score (nSPS) is 25.9. The van der Waals surface area contributed by atoms with Crippen LogP contribution >= 0.6 is 7.82 Å². The van der Waals surface area contributed by atoms with Crippen molar-refractivity contribution in [2.24, 2.45) is 0 Å². The van der Waals surface area contributed by atoms with E-state index in [1.807, 2.05) is 0 Å². The van der Waals surface area contributed by atoms with Gasteiger partial charge in [-0.25, -0.2) is 14.2 Å². The van der Waals surface area contributed by atoms with E-state index in [4.69, 9.17) is 19.2 Å². The molecule has 0 bridgehead atoms. The zero-order chi connectivity index (χ0) is 12.2. The van der Waals surface area contributed by atoms with Gasteiger partial charge in [0.15, 0.2) is 12.2 Å². The minimum absolute atomic E-state index is 0.480. The van der Waals surface area contributed by atoms with Gasteiger partial charge < -0.3 is 24.2 Å². The highest BCUT2D eigenvalue weighted by Gasteiger charge is 2.32. The van der Waals surface area contributed by atoms with E-state index in [9.17, 15) is 9.59 Å². The van der Waals surface area contributed by atoms with Gasteiger partial charge in [-0.2, -0.15) is 0 Å². The van der Waals surface area contributed by atoms with Gasteiger partial charge in [-0.05, 0) is 13.8 Å². The Balaban J connectivity index is 0.000000336. The van der Waals surface area contributed by atoms with E-state index in [0.29, 0.717) is 0 Å². The van der Waals surface area contributed by atoms with Gasteiger partial charge in [0.05, 0.1) is 0 Å².